The van der Waals surface area contributed by atoms with Gasteiger partial charge in [0.15, 0.2) is 0 Å². The molecule has 0 bridgehead atoms. The van der Waals surface area contributed by atoms with Crippen LogP contribution in [0.1, 0.15) is 26.2 Å². The third-order valence-corrected chi connectivity index (χ3v) is 3.17. The van der Waals surface area contributed by atoms with Gasteiger partial charge in [-0.25, -0.2) is 0 Å². The standard InChI is InChI=1S/C7H16N2O3S/c1-6(4-5-10)8-13(11,12)9-7-2-3-7/h6-10H,2-5H2,1H3. The van der Waals surface area contributed by atoms with Crippen molar-refractivity contribution >= 4 is 10.2 Å². The maximum atomic E-state index is 11.3. The Labute approximate surface area is 78.7 Å². The number of hydrogen-bond acceptors (Lipinski definition) is 3. The Morgan fingerprint density at radius 2 is 2.15 bits per heavy atom. The van der Waals surface area contributed by atoms with Crippen molar-refractivity contribution in [2.24, 2.45) is 0 Å². The molecule has 3 N–H and O–H groups in total. The van der Waals surface area contributed by atoms with Gasteiger partial charge in [0, 0.05) is 18.7 Å². The zero-order chi connectivity index (χ0) is 9.90. The number of rotatable bonds is 6. The van der Waals surface area contributed by atoms with E-state index in [9.17, 15) is 8.42 Å². The third kappa shape index (κ3) is 4.56. The van der Waals surface area contributed by atoms with E-state index in [1.807, 2.05) is 0 Å². The van der Waals surface area contributed by atoms with Crippen LogP contribution in [0.5, 0.6) is 0 Å². The summed E-state index contributed by atoms with van der Waals surface area (Å²) in [6.07, 6.45) is 2.29. The molecule has 1 saturated carbocycles. The lowest BCUT2D eigenvalue weighted by Gasteiger charge is -2.12. The van der Waals surface area contributed by atoms with Crippen molar-refractivity contribution in [2.45, 2.75) is 38.3 Å². The lowest BCUT2D eigenvalue weighted by Crippen LogP contribution is -2.42. The fourth-order valence-electron chi connectivity index (χ4n) is 0.972. The zero-order valence-electron chi connectivity index (χ0n) is 7.66. The molecule has 5 nitrogen and oxygen atoms in total. The SMILES string of the molecule is CC(CCO)NS(=O)(=O)NC1CC1. The summed E-state index contributed by atoms with van der Waals surface area (Å²) in [6.45, 7) is 1.72. The Morgan fingerprint density at radius 3 is 2.62 bits per heavy atom. The van der Waals surface area contributed by atoms with E-state index in [0.29, 0.717) is 6.42 Å². The molecule has 0 aromatic heterocycles. The molecule has 1 rings (SSSR count). The summed E-state index contributed by atoms with van der Waals surface area (Å²) in [6, 6.07) is -0.0972. The van der Waals surface area contributed by atoms with E-state index >= 15 is 0 Å². The maximum absolute atomic E-state index is 11.3. The van der Waals surface area contributed by atoms with Gasteiger partial charge in [0.1, 0.15) is 0 Å². The van der Waals surface area contributed by atoms with Crippen LogP contribution in [0.25, 0.3) is 0 Å². The molecule has 0 spiro atoms. The summed E-state index contributed by atoms with van der Waals surface area (Å²) in [5.74, 6) is 0. The Hall–Kier alpha value is -0.170. The third-order valence-electron chi connectivity index (χ3n) is 1.82. The van der Waals surface area contributed by atoms with E-state index < -0.39 is 10.2 Å². The van der Waals surface area contributed by atoms with Gasteiger partial charge in [-0.3, -0.25) is 0 Å². The van der Waals surface area contributed by atoms with Gasteiger partial charge in [-0.2, -0.15) is 17.9 Å². The summed E-state index contributed by atoms with van der Waals surface area (Å²) in [7, 11) is -3.35. The lowest BCUT2D eigenvalue weighted by molar-refractivity contribution is 0.275. The van der Waals surface area contributed by atoms with E-state index in [2.05, 4.69) is 9.44 Å². The van der Waals surface area contributed by atoms with Crippen molar-refractivity contribution < 1.29 is 13.5 Å². The Kier molecular flexibility index (Phi) is 3.66. The van der Waals surface area contributed by atoms with Crippen molar-refractivity contribution in [1.29, 1.82) is 0 Å². The highest BCUT2D eigenvalue weighted by Crippen LogP contribution is 2.19. The Bertz CT molecular complexity index is 248. The second-order valence-corrected chi connectivity index (χ2v) is 4.91. The Balaban J connectivity index is 2.31. The molecule has 13 heavy (non-hydrogen) atoms. The van der Waals surface area contributed by atoms with Crippen LogP contribution in [0.4, 0.5) is 0 Å². The van der Waals surface area contributed by atoms with E-state index in [4.69, 9.17) is 5.11 Å². The number of hydrogen-bond donors (Lipinski definition) is 3. The highest BCUT2D eigenvalue weighted by atomic mass is 32.2. The van der Waals surface area contributed by atoms with Crippen molar-refractivity contribution in [2.75, 3.05) is 6.61 Å². The lowest BCUT2D eigenvalue weighted by atomic mass is 10.3. The minimum atomic E-state index is -3.35. The molecular formula is C7H16N2O3S. The maximum Gasteiger partial charge on any atom is 0.277 e. The minimum Gasteiger partial charge on any atom is -0.396 e. The van der Waals surface area contributed by atoms with E-state index in [0.717, 1.165) is 12.8 Å². The van der Waals surface area contributed by atoms with Crippen LogP contribution >= 0.6 is 0 Å². The molecule has 1 fully saturated rings. The molecule has 0 radical (unpaired) electrons. The summed E-state index contributed by atoms with van der Waals surface area (Å²) in [5, 5.41) is 8.57. The first-order valence-corrected chi connectivity index (χ1v) is 5.92. The molecular weight excluding hydrogens is 192 g/mol. The van der Waals surface area contributed by atoms with Crippen LogP contribution < -0.4 is 9.44 Å². The molecule has 0 amide bonds. The van der Waals surface area contributed by atoms with Gasteiger partial charge < -0.3 is 5.11 Å². The summed E-state index contributed by atoms with van der Waals surface area (Å²) in [5.41, 5.74) is 0. The van der Waals surface area contributed by atoms with Crippen molar-refractivity contribution in [3.63, 3.8) is 0 Å². The van der Waals surface area contributed by atoms with Crippen LogP contribution in [0.15, 0.2) is 0 Å². The fraction of sp³-hybridized carbons (Fsp3) is 1.00. The zero-order valence-corrected chi connectivity index (χ0v) is 8.47. The molecule has 1 aliphatic rings. The second kappa shape index (κ2) is 4.36. The van der Waals surface area contributed by atoms with Gasteiger partial charge in [0.2, 0.25) is 0 Å². The van der Waals surface area contributed by atoms with Crippen LogP contribution in [0.3, 0.4) is 0 Å². The first-order chi connectivity index (χ1) is 6.03. The van der Waals surface area contributed by atoms with Gasteiger partial charge in [0.05, 0.1) is 0 Å². The molecule has 0 heterocycles. The molecule has 1 unspecified atom stereocenters. The second-order valence-electron chi connectivity index (χ2n) is 3.43. The smallest absolute Gasteiger partial charge is 0.277 e. The van der Waals surface area contributed by atoms with E-state index in [1.54, 1.807) is 6.92 Å². The number of aliphatic hydroxyl groups is 1. The molecule has 6 heteroatoms. The molecule has 1 atom stereocenters. The molecule has 78 valence electrons. The summed E-state index contributed by atoms with van der Waals surface area (Å²) >= 11 is 0. The predicted octanol–water partition coefficient (Wildman–Crippen LogP) is -0.656. The van der Waals surface area contributed by atoms with Crippen molar-refractivity contribution in [3.8, 4) is 0 Å². The van der Waals surface area contributed by atoms with Crippen LogP contribution in [-0.2, 0) is 10.2 Å². The van der Waals surface area contributed by atoms with Gasteiger partial charge >= 0.3 is 0 Å². The monoisotopic (exact) mass is 208 g/mol. The fourth-order valence-corrected chi connectivity index (χ4v) is 2.36. The average molecular weight is 208 g/mol. The van der Waals surface area contributed by atoms with Gasteiger partial charge in [-0.15, -0.1) is 0 Å². The molecule has 0 aliphatic heterocycles. The van der Waals surface area contributed by atoms with Crippen LogP contribution in [0.2, 0.25) is 0 Å². The quantitative estimate of drug-likeness (QED) is 0.542. The molecule has 0 saturated heterocycles. The highest BCUT2D eigenvalue weighted by molar-refractivity contribution is 7.87. The van der Waals surface area contributed by atoms with Crippen molar-refractivity contribution in [3.05, 3.63) is 0 Å². The van der Waals surface area contributed by atoms with Gasteiger partial charge in [-0.1, -0.05) is 0 Å². The molecule has 0 aromatic rings. The number of nitrogens with one attached hydrogen (secondary N) is 2. The first-order valence-electron chi connectivity index (χ1n) is 4.44. The van der Waals surface area contributed by atoms with Crippen LogP contribution in [-0.4, -0.2) is 32.2 Å². The first kappa shape index (κ1) is 10.9. The van der Waals surface area contributed by atoms with E-state index in [1.165, 1.54) is 0 Å². The van der Waals surface area contributed by atoms with Crippen LogP contribution in [0, 0.1) is 0 Å². The van der Waals surface area contributed by atoms with E-state index in [-0.39, 0.29) is 18.7 Å². The molecule has 1 aliphatic carbocycles. The molecule has 0 aromatic carbocycles. The highest BCUT2D eigenvalue weighted by Gasteiger charge is 2.27. The summed E-state index contributed by atoms with van der Waals surface area (Å²) in [4.78, 5) is 0. The Morgan fingerprint density at radius 1 is 1.54 bits per heavy atom. The predicted molar refractivity (Wildman–Crippen MR) is 49.4 cm³/mol. The van der Waals surface area contributed by atoms with Gasteiger partial charge in [0.25, 0.3) is 10.2 Å². The van der Waals surface area contributed by atoms with Crippen molar-refractivity contribution in [1.82, 2.24) is 9.44 Å². The largest absolute Gasteiger partial charge is 0.396 e. The normalized spacial score (nSPS) is 20.2. The number of aliphatic hydroxyl groups excluding tert-OH is 1. The topological polar surface area (TPSA) is 78.4 Å². The summed E-state index contributed by atoms with van der Waals surface area (Å²) < 4.78 is 27.5. The minimum absolute atomic E-state index is 0.00683. The van der Waals surface area contributed by atoms with Gasteiger partial charge in [-0.05, 0) is 26.2 Å². The average Bonchev–Trinajstić information content (AvgIpc) is 2.69.